The minimum atomic E-state index is -0.963. The van der Waals surface area contributed by atoms with Crippen LogP contribution in [0.1, 0.15) is 19.8 Å². The highest BCUT2D eigenvalue weighted by Crippen LogP contribution is 1.90. The van der Waals surface area contributed by atoms with Crippen molar-refractivity contribution in [2.75, 3.05) is 13.7 Å². The number of ether oxygens (including phenoxy) is 1. The van der Waals surface area contributed by atoms with Gasteiger partial charge in [-0.3, -0.25) is 9.59 Å². The molecule has 0 fully saturated rings. The number of carboxylic acid groups (broad SMARTS) is 1. The number of carboxylic acids is 1. The molecule has 1 unspecified atom stereocenters. The van der Waals surface area contributed by atoms with E-state index in [0.29, 0.717) is 6.61 Å². The lowest BCUT2D eigenvalue weighted by molar-refractivity contribution is -0.139. The topological polar surface area (TPSA) is 75.6 Å². The fourth-order valence-corrected chi connectivity index (χ4v) is 0.859. The first-order valence-electron chi connectivity index (χ1n) is 4.06. The van der Waals surface area contributed by atoms with E-state index in [1.54, 1.807) is 14.0 Å². The quantitative estimate of drug-likeness (QED) is 0.616. The van der Waals surface area contributed by atoms with Crippen molar-refractivity contribution in [1.82, 2.24) is 5.32 Å². The third-order valence-electron chi connectivity index (χ3n) is 1.39. The van der Waals surface area contributed by atoms with E-state index >= 15 is 0 Å². The zero-order chi connectivity index (χ0) is 10.3. The maximum absolute atomic E-state index is 11.0. The normalized spacial score (nSPS) is 12.2. The van der Waals surface area contributed by atoms with E-state index in [1.165, 1.54) is 0 Å². The van der Waals surface area contributed by atoms with Crippen molar-refractivity contribution < 1.29 is 19.4 Å². The first-order valence-corrected chi connectivity index (χ1v) is 4.06. The molecule has 1 amide bonds. The molecule has 0 aliphatic heterocycles. The molecule has 0 aliphatic carbocycles. The van der Waals surface area contributed by atoms with E-state index in [0.717, 1.165) is 0 Å². The van der Waals surface area contributed by atoms with Crippen LogP contribution < -0.4 is 5.32 Å². The van der Waals surface area contributed by atoms with E-state index < -0.39 is 5.97 Å². The van der Waals surface area contributed by atoms with E-state index in [9.17, 15) is 9.59 Å². The van der Waals surface area contributed by atoms with Crippen LogP contribution in [0.2, 0.25) is 0 Å². The average molecular weight is 189 g/mol. The summed E-state index contributed by atoms with van der Waals surface area (Å²) in [7, 11) is 1.54. The molecule has 0 aromatic heterocycles. The Morgan fingerprint density at radius 3 is 2.54 bits per heavy atom. The molecule has 0 spiro atoms. The van der Waals surface area contributed by atoms with Crippen molar-refractivity contribution in [2.45, 2.75) is 25.8 Å². The summed E-state index contributed by atoms with van der Waals surface area (Å²) in [6, 6.07) is -0.0775. The van der Waals surface area contributed by atoms with Crippen LogP contribution in [0.5, 0.6) is 0 Å². The predicted octanol–water partition coefficient (Wildman–Crippen LogP) is 0.00230. The summed E-state index contributed by atoms with van der Waals surface area (Å²) in [5, 5.41) is 10.9. The number of aliphatic carboxylic acids is 1. The van der Waals surface area contributed by atoms with Gasteiger partial charge >= 0.3 is 5.97 Å². The number of methoxy groups -OCH3 is 1. The molecule has 0 aromatic rings. The standard InChI is InChI=1S/C8H15NO4/c1-6(5-13-2)9-7(10)3-4-8(11)12/h6H,3-5H2,1-2H3,(H,9,10)(H,11,12). The molecule has 0 heterocycles. The molecule has 76 valence electrons. The molecule has 0 radical (unpaired) electrons. The van der Waals surface area contributed by atoms with Gasteiger partial charge in [0.15, 0.2) is 0 Å². The predicted molar refractivity (Wildman–Crippen MR) is 46.4 cm³/mol. The summed E-state index contributed by atoms with van der Waals surface area (Å²) in [5.41, 5.74) is 0. The van der Waals surface area contributed by atoms with Crippen LogP contribution in [-0.2, 0) is 14.3 Å². The van der Waals surface area contributed by atoms with Gasteiger partial charge in [-0.2, -0.15) is 0 Å². The third-order valence-corrected chi connectivity index (χ3v) is 1.39. The van der Waals surface area contributed by atoms with E-state index in [4.69, 9.17) is 9.84 Å². The summed E-state index contributed by atoms with van der Waals surface area (Å²) in [6.07, 6.45) is -0.116. The molecule has 0 bridgehead atoms. The van der Waals surface area contributed by atoms with Gasteiger partial charge in [-0.25, -0.2) is 0 Å². The molecule has 2 N–H and O–H groups in total. The molecule has 5 nitrogen and oxygen atoms in total. The molecule has 0 aliphatic rings. The molecule has 0 saturated heterocycles. The van der Waals surface area contributed by atoms with E-state index in [-0.39, 0.29) is 24.8 Å². The Hall–Kier alpha value is -1.10. The van der Waals surface area contributed by atoms with Gasteiger partial charge in [0, 0.05) is 19.6 Å². The van der Waals surface area contributed by atoms with Gasteiger partial charge in [0.05, 0.1) is 13.0 Å². The van der Waals surface area contributed by atoms with Crippen LogP contribution in [0.3, 0.4) is 0 Å². The number of carbonyl (C=O) groups is 2. The van der Waals surface area contributed by atoms with Crippen LogP contribution in [0.15, 0.2) is 0 Å². The van der Waals surface area contributed by atoms with Gasteiger partial charge in [-0.05, 0) is 6.92 Å². The minimum absolute atomic E-state index is 0.0172. The average Bonchev–Trinajstić information content (AvgIpc) is 2.01. The van der Waals surface area contributed by atoms with Gasteiger partial charge in [0.25, 0.3) is 0 Å². The van der Waals surface area contributed by atoms with Crippen molar-refractivity contribution in [3.63, 3.8) is 0 Å². The highest BCUT2D eigenvalue weighted by Gasteiger charge is 2.08. The SMILES string of the molecule is COCC(C)NC(=O)CCC(=O)O. The molecular formula is C8H15NO4. The Bertz CT molecular complexity index is 181. The molecular weight excluding hydrogens is 174 g/mol. The zero-order valence-electron chi connectivity index (χ0n) is 7.87. The third kappa shape index (κ3) is 7.27. The van der Waals surface area contributed by atoms with Gasteiger partial charge in [0.1, 0.15) is 0 Å². The Balaban J connectivity index is 3.55. The summed E-state index contributed by atoms with van der Waals surface area (Å²) >= 11 is 0. The molecule has 5 heteroatoms. The first kappa shape index (κ1) is 11.9. The van der Waals surface area contributed by atoms with Crippen LogP contribution in [0, 0.1) is 0 Å². The number of hydrogen-bond donors (Lipinski definition) is 2. The number of hydrogen-bond acceptors (Lipinski definition) is 3. The maximum Gasteiger partial charge on any atom is 0.303 e. The molecule has 0 aromatic carbocycles. The summed E-state index contributed by atoms with van der Waals surface area (Å²) in [6.45, 7) is 2.22. The lowest BCUT2D eigenvalue weighted by Crippen LogP contribution is -2.35. The fraction of sp³-hybridized carbons (Fsp3) is 0.750. The Kier molecular flexibility index (Phi) is 5.88. The number of rotatable bonds is 6. The second kappa shape index (κ2) is 6.42. The minimum Gasteiger partial charge on any atom is -0.481 e. The van der Waals surface area contributed by atoms with Crippen LogP contribution >= 0.6 is 0 Å². The maximum atomic E-state index is 11.0. The number of nitrogens with one attached hydrogen (secondary N) is 1. The Labute approximate surface area is 77.1 Å². The summed E-state index contributed by atoms with van der Waals surface area (Å²) in [4.78, 5) is 21.1. The first-order chi connectivity index (χ1) is 6.06. The van der Waals surface area contributed by atoms with Crippen LogP contribution in [0.4, 0.5) is 0 Å². The van der Waals surface area contributed by atoms with Gasteiger partial charge < -0.3 is 15.2 Å². The largest absolute Gasteiger partial charge is 0.481 e. The zero-order valence-corrected chi connectivity index (χ0v) is 7.87. The summed E-state index contributed by atoms with van der Waals surface area (Å²) in [5.74, 6) is -1.22. The fourth-order valence-electron chi connectivity index (χ4n) is 0.859. The number of amides is 1. The van der Waals surface area contributed by atoms with Crippen molar-refractivity contribution in [3.05, 3.63) is 0 Å². The second-order valence-electron chi connectivity index (χ2n) is 2.82. The van der Waals surface area contributed by atoms with Crippen molar-refractivity contribution in [2.24, 2.45) is 0 Å². The van der Waals surface area contributed by atoms with E-state index in [2.05, 4.69) is 5.32 Å². The summed E-state index contributed by atoms with van der Waals surface area (Å²) < 4.78 is 4.80. The lowest BCUT2D eigenvalue weighted by atomic mass is 10.2. The van der Waals surface area contributed by atoms with Crippen LogP contribution in [-0.4, -0.2) is 36.7 Å². The number of carbonyl (C=O) groups excluding carboxylic acids is 1. The lowest BCUT2D eigenvalue weighted by Gasteiger charge is -2.11. The molecule has 13 heavy (non-hydrogen) atoms. The van der Waals surface area contributed by atoms with Gasteiger partial charge in [-0.15, -0.1) is 0 Å². The van der Waals surface area contributed by atoms with E-state index in [1.807, 2.05) is 0 Å². The van der Waals surface area contributed by atoms with Gasteiger partial charge in [-0.1, -0.05) is 0 Å². The molecule has 0 rings (SSSR count). The van der Waals surface area contributed by atoms with Crippen molar-refractivity contribution >= 4 is 11.9 Å². The Morgan fingerprint density at radius 2 is 2.08 bits per heavy atom. The second-order valence-corrected chi connectivity index (χ2v) is 2.82. The van der Waals surface area contributed by atoms with Crippen molar-refractivity contribution in [1.29, 1.82) is 0 Å². The van der Waals surface area contributed by atoms with Gasteiger partial charge in [0.2, 0.25) is 5.91 Å². The smallest absolute Gasteiger partial charge is 0.303 e. The molecule has 0 saturated carbocycles. The van der Waals surface area contributed by atoms with Crippen LogP contribution in [0.25, 0.3) is 0 Å². The Morgan fingerprint density at radius 1 is 1.46 bits per heavy atom. The van der Waals surface area contributed by atoms with Crippen molar-refractivity contribution in [3.8, 4) is 0 Å². The highest BCUT2D eigenvalue weighted by molar-refractivity contribution is 5.80. The molecule has 1 atom stereocenters. The highest BCUT2D eigenvalue weighted by atomic mass is 16.5. The monoisotopic (exact) mass is 189 g/mol.